The summed E-state index contributed by atoms with van der Waals surface area (Å²) in [4.78, 5) is 28.0. The van der Waals surface area contributed by atoms with Gasteiger partial charge >= 0.3 is 0 Å². The number of hydrogen-bond acceptors (Lipinski definition) is 9. The molecule has 52 heavy (non-hydrogen) atoms. The largest absolute Gasteiger partial charge is 0.493 e. The van der Waals surface area contributed by atoms with Gasteiger partial charge in [-0.2, -0.15) is 5.10 Å². The number of anilines is 1. The van der Waals surface area contributed by atoms with E-state index in [0.29, 0.717) is 59.9 Å². The molecule has 1 saturated heterocycles. The second-order valence-corrected chi connectivity index (χ2v) is 12.9. The number of thioether (sulfide) groups is 1. The average Bonchev–Trinajstić information content (AvgIpc) is 3.76. The van der Waals surface area contributed by atoms with Crippen molar-refractivity contribution in [3.8, 4) is 17.2 Å². The summed E-state index contributed by atoms with van der Waals surface area (Å²) in [7, 11) is 1.53. The van der Waals surface area contributed by atoms with E-state index in [1.807, 2.05) is 0 Å². The fourth-order valence-corrected chi connectivity index (χ4v) is 6.24. The molecule has 0 spiro atoms. The van der Waals surface area contributed by atoms with E-state index in [4.69, 9.17) is 41.8 Å². The normalized spacial score (nSPS) is 14.4. The third kappa shape index (κ3) is 9.40. The van der Waals surface area contributed by atoms with Gasteiger partial charge in [-0.05, 0) is 96.2 Å². The first-order valence-electron chi connectivity index (χ1n) is 15.6. The molecule has 5 aromatic rings. The highest BCUT2D eigenvalue weighted by Crippen LogP contribution is 2.36. The number of methoxy groups -OCH3 is 1. The molecule has 4 aromatic carbocycles. The van der Waals surface area contributed by atoms with Crippen LogP contribution in [0.2, 0.25) is 10.0 Å². The number of para-hydroxylation sites is 1. The van der Waals surface area contributed by atoms with E-state index in [0.717, 1.165) is 17.3 Å². The molecule has 1 fully saturated rings. The number of carbonyl (C=O) groups excluding carboxylic acids is 2. The van der Waals surface area contributed by atoms with E-state index >= 15 is 0 Å². The first-order chi connectivity index (χ1) is 25.2. The van der Waals surface area contributed by atoms with E-state index in [9.17, 15) is 14.0 Å². The molecule has 0 saturated carbocycles. The van der Waals surface area contributed by atoms with E-state index in [1.165, 1.54) is 48.8 Å². The van der Waals surface area contributed by atoms with Crippen molar-refractivity contribution in [1.29, 1.82) is 0 Å². The number of furan rings is 1. The van der Waals surface area contributed by atoms with E-state index < -0.39 is 11.7 Å². The lowest BCUT2D eigenvalue weighted by molar-refractivity contribution is -0.122. The van der Waals surface area contributed by atoms with Gasteiger partial charge in [0.1, 0.15) is 23.9 Å². The zero-order valence-corrected chi connectivity index (χ0v) is 29.8. The number of rotatable bonds is 13. The summed E-state index contributed by atoms with van der Waals surface area (Å²) < 4.78 is 36.0. The molecule has 10 nitrogen and oxygen atoms in total. The van der Waals surface area contributed by atoms with Crippen LogP contribution in [0.3, 0.4) is 0 Å². The molecule has 0 unspecified atom stereocenters. The summed E-state index contributed by atoms with van der Waals surface area (Å²) in [6.07, 6.45) is 4.73. The lowest BCUT2D eigenvalue weighted by Crippen LogP contribution is -2.28. The molecule has 264 valence electrons. The van der Waals surface area contributed by atoms with Crippen molar-refractivity contribution in [1.82, 2.24) is 4.90 Å². The van der Waals surface area contributed by atoms with Gasteiger partial charge in [-0.15, -0.1) is 5.10 Å². The number of hydrogen-bond donors (Lipinski definition) is 1. The topological polar surface area (TPSA) is 115 Å². The third-order valence-corrected chi connectivity index (χ3v) is 8.99. The highest BCUT2D eigenvalue weighted by Gasteiger charge is 2.34. The van der Waals surface area contributed by atoms with Gasteiger partial charge in [0.05, 0.1) is 31.0 Å². The van der Waals surface area contributed by atoms with Gasteiger partial charge in [0.15, 0.2) is 23.3 Å². The molecule has 0 aliphatic carbocycles. The van der Waals surface area contributed by atoms with Gasteiger partial charge < -0.3 is 23.9 Å². The Morgan fingerprint density at radius 3 is 2.56 bits per heavy atom. The highest BCUT2D eigenvalue weighted by atomic mass is 35.5. The maximum Gasteiger partial charge on any atom is 0.267 e. The summed E-state index contributed by atoms with van der Waals surface area (Å²) in [5.74, 6) is 0.771. The Hall–Kier alpha value is -5.56. The molecule has 6 rings (SSSR count). The van der Waals surface area contributed by atoms with Gasteiger partial charge in [0.25, 0.3) is 11.8 Å². The van der Waals surface area contributed by atoms with Crippen LogP contribution < -0.4 is 19.5 Å². The van der Waals surface area contributed by atoms with Crippen molar-refractivity contribution in [2.45, 2.75) is 13.2 Å². The SMILES string of the molecule is COc1cc(/C=N/N=C2\S/C(=C\c3ccccc3OCC(=O)Nc3ccc(F)cc3)C(=O)N2Cc2ccco2)ccc1OCc1ccc(Cl)cc1Cl. The lowest BCUT2D eigenvalue weighted by Gasteiger charge is -2.13. The maximum atomic E-state index is 13.7. The van der Waals surface area contributed by atoms with Gasteiger partial charge in [0.2, 0.25) is 0 Å². The Morgan fingerprint density at radius 1 is 0.962 bits per heavy atom. The molecular weight excluding hydrogens is 730 g/mol. The zero-order valence-electron chi connectivity index (χ0n) is 27.4. The summed E-state index contributed by atoms with van der Waals surface area (Å²) in [5.41, 5.74) is 2.46. The second kappa shape index (κ2) is 17.1. The van der Waals surface area contributed by atoms with Crippen molar-refractivity contribution in [3.63, 3.8) is 0 Å². The van der Waals surface area contributed by atoms with Crippen LogP contribution in [0.5, 0.6) is 17.2 Å². The molecule has 2 amide bonds. The van der Waals surface area contributed by atoms with Crippen LogP contribution in [0.25, 0.3) is 6.08 Å². The maximum absolute atomic E-state index is 13.7. The molecule has 14 heteroatoms. The van der Waals surface area contributed by atoms with Gasteiger partial charge in [-0.1, -0.05) is 47.5 Å². The Labute approximate surface area is 312 Å². The molecule has 0 radical (unpaired) electrons. The number of amides is 2. The number of nitrogens with one attached hydrogen (secondary N) is 1. The molecule has 1 aliphatic heterocycles. The average molecular weight is 760 g/mol. The summed E-state index contributed by atoms with van der Waals surface area (Å²) in [6.45, 7) is 0.0342. The quantitative estimate of drug-likeness (QED) is 0.0725. The van der Waals surface area contributed by atoms with Gasteiger partial charge in [0, 0.05) is 26.9 Å². The van der Waals surface area contributed by atoms with E-state index in [1.54, 1.807) is 78.9 Å². The second-order valence-electron chi connectivity index (χ2n) is 11.0. The Morgan fingerprint density at radius 2 is 1.79 bits per heavy atom. The standard InChI is InChI=1S/C38H29Cl2FN4O6S/c1-48-34-17-24(8-15-33(34)50-22-26-9-10-27(39)19-31(26)40)20-42-44-38-45(21-30-6-4-16-49-30)37(47)35(52-38)18-25-5-2-3-7-32(25)51-23-36(46)43-29-13-11-28(41)12-14-29/h2-20H,21-23H2,1H3,(H,43,46)/b35-18-,42-20+,44-38-. The first-order valence-corrected chi connectivity index (χ1v) is 17.2. The number of benzene rings is 4. The molecule has 0 atom stereocenters. The molecule has 0 bridgehead atoms. The van der Waals surface area contributed by atoms with E-state index in [-0.39, 0.29) is 25.7 Å². The zero-order chi connectivity index (χ0) is 36.5. The van der Waals surface area contributed by atoms with E-state index in [2.05, 4.69) is 15.5 Å². The minimum atomic E-state index is -0.431. The minimum Gasteiger partial charge on any atom is -0.493 e. The van der Waals surface area contributed by atoms with Crippen LogP contribution in [-0.2, 0) is 22.7 Å². The van der Waals surface area contributed by atoms with Gasteiger partial charge in [-0.25, -0.2) is 4.39 Å². The highest BCUT2D eigenvalue weighted by molar-refractivity contribution is 8.18. The van der Waals surface area contributed by atoms with Gasteiger partial charge in [-0.3, -0.25) is 14.5 Å². The Bertz CT molecular complexity index is 2160. The predicted octanol–water partition coefficient (Wildman–Crippen LogP) is 8.84. The fraction of sp³-hybridized carbons (Fsp3) is 0.105. The number of nitrogens with zero attached hydrogens (tertiary/aromatic N) is 3. The first kappa shape index (κ1) is 36.2. The fourth-order valence-electron chi connectivity index (χ4n) is 4.85. The minimum absolute atomic E-state index is 0.129. The molecular formula is C38H29Cl2FN4O6S. The lowest BCUT2D eigenvalue weighted by atomic mass is 10.2. The third-order valence-electron chi connectivity index (χ3n) is 7.41. The summed E-state index contributed by atoms with van der Waals surface area (Å²) in [6, 6.07) is 26.4. The monoisotopic (exact) mass is 758 g/mol. The smallest absolute Gasteiger partial charge is 0.267 e. The number of carbonyl (C=O) groups is 2. The van der Waals surface area contributed by atoms with Crippen LogP contribution in [-0.4, -0.2) is 41.8 Å². The molecule has 1 aromatic heterocycles. The van der Waals surface area contributed by atoms with Crippen molar-refractivity contribution in [3.05, 3.63) is 147 Å². The van der Waals surface area contributed by atoms with Crippen LogP contribution in [0, 0.1) is 5.82 Å². The van der Waals surface area contributed by atoms with Crippen LogP contribution in [0.1, 0.15) is 22.5 Å². The molecule has 1 N–H and O–H groups in total. The molecule has 1 aliphatic rings. The predicted molar refractivity (Wildman–Crippen MR) is 201 cm³/mol. The Kier molecular flexibility index (Phi) is 11.9. The number of halogens is 3. The van der Waals surface area contributed by atoms with Crippen molar-refractivity contribution in [2.24, 2.45) is 10.2 Å². The van der Waals surface area contributed by atoms with Crippen molar-refractivity contribution < 1.29 is 32.6 Å². The number of ether oxygens (including phenoxy) is 3. The van der Waals surface area contributed by atoms with Crippen molar-refractivity contribution in [2.75, 3.05) is 19.0 Å². The summed E-state index contributed by atoms with van der Waals surface area (Å²) >= 11 is 13.4. The van der Waals surface area contributed by atoms with Crippen molar-refractivity contribution >= 4 is 69.9 Å². The Balaban J connectivity index is 1.17. The summed E-state index contributed by atoms with van der Waals surface area (Å²) in [5, 5.41) is 12.7. The molecule has 2 heterocycles. The number of amidine groups is 1. The van der Waals surface area contributed by atoms with Crippen LogP contribution >= 0.6 is 35.0 Å². The van der Waals surface area contributed by atoms with Crippen LogP contribution in [0.15, 0.2) is 123 Å². The van der Waals surface area contributed by atoms with Crippen LogP contribution in [0.4, 0.5) is 10.1 Å².